The van der Waals surface area contributed by atoms with Crippen molar-refractivity contribution in [3.05, 3.63) is 0 Å². The number of rotatable bonds is 9. The van der Waals surface area contributed by atoms with E-state index in [4.69, 9.17) is 10.6 Å². The topological polar surface area (TPSA) is 74.9 Å². The first-order chi connectivity index (χ1) is 8.77. The molecule has 0 radical (unpaired) electrons. The summed E-state index contributed by atoms with van der Waals surface area (Å²) in [5, 5.41) is 3.21. The van der Waals surface area contributed by atoms with Crippen LogP contribution in [0.2, 0.25) is 0 Å². The van der Waals surface area contributed by atoms with Crippen LogP contribution in [-0.2, 0) is 4.74 Å². The van der Waals surface area contributed by atoms with Gasteiger partial charge in [0.2, 0.25) is 5.96 Å². The van der Waals surface area contributed by atoms with Gasteiger partial charge in [0.15, 0.2) is 0 Å². The smallest absolute Gasteiger partial charge is 0.205 e. The zero-order valence-corrected chi connectivity index (χ0v) is 11.6. The molecule has 6 heteroatoms. The fraction of sp³-hybridized carbons (Fsp3) is 0.917. The first kappa shape index (κ1) is 15.2. The van der Waals surface area contributed by atoms with E-state index in [0.717, 1.165) is 45.3 Å². The summed E-state index contributed by atoms with van der Waals surface area (Å²) in [4.78, 5) is 6.71. The number of nitrogens with two attached hydrogens (primary N) is 1. The van der Waals surface area contributed by atoms with Gasteiger partial charge in [-0.1, -0.05) is 0 Å². The summed E-state index contributed by atoms with van der Waals surface area (Å²) in [6, 6.07) is 0.796. The van der Waals surface area contributed by atoms with Crippen LogP contribution < -0.4 is 16.6 Å². The maximum atomic E-state index is 5.41. The van der Waals surface area contributed by atoms with Gasteiger partial charge in [0, 0.05) is 38.9 Å². The summed E-state index contributed by atoms with van der Waals surface area (Å²) in [7, 11) is 2.16. The van der Waals surface area contributed by atoms with Gasteiger partial charge in [-0.05, 0) is 33.2 Å². The van der Waals surface area contributed by atoms with Crippen molar-refractivity contribution in [3.63, 3.8) is 0 Å². The quantitative estimate of drug-likeness (QED) is 0.177. The van der Waals surface area contributed by atoms with Crippen LogP contribution in [0.1, 0.15) is 26.2 Å². The summed E-state index contributed by atoms with van der Waals surface area (Å²) in [5.74, 6) is 6.08. The normalized spacial score (nSPS) is 16.1. The summed E-state index contributed by atoms with van der Waals surface area (Å²) >= 11 is 0. The highest BCUT2D eigenvalue weighted by Crippen LogP contribution is 2.24. The van der Waals surface area contributed by atoms with E-state index in [2.05, 4.69) is 27.7 Å². The predicted octanol–water partition coefficient (Wildman–Crippen LogP) is -0.0839. The van der Waals surface area contributed by atoms with Crippen molar-refractivity contribution in [2.24, 2.45) is 10.8 Å². The zero-order valence-electron chi connectivity index (χ0n) is 11.6. The van der Waals surface area contributed by atoms with Crippen molar-refractivity contribution in [1.82, 2.24) is 15.6 Å². The average Bonchev–Trinajstić information content (AvgIpc) is 3.20. The molecule has 0 spiro atoms. The van der Waals surface area contributed by atoms with Crippen molar-refractivity contribution in [1.29, 1.82) is 0 Å². The Kier molecular flexibility index (Phi) is 7.71. The maximum Gasteiger partial charge on any atom is 0.205 e. The van der Waals surface area contributed by atoms with E-state index in [9.17, 15) is 0 Å². The molecule has 0 unspecified atom stereocenters. The number of hydrogen-bond donors (Lipinski definition) is 3. The van der Waals surface area contributed by atoms with E-state index in [1.807, 2.05) is 6.92 Å². The number of nitrogens with zero attached hydrogens (tertiary/aromatic N) is 2. The Morgan fingerprint density at radius 3 is 2.89 bits per heavy atom. The van der Waals surface area contributed by atoms with Crippen LogP contribution in [-0.4, -0.2) is 56.8 Å². The van der Waals surface area contributed by atoms with Gasteiger partial charge in [-0.3, -0.25) is 10.4 Å². The van der Waals surface area contributed by atoms with Crippen LogP contribution in [0.4, 0.5) is 0 Å². The van der Waals surface area contributed by atoms with Crippen molar-refractivity contribution in [2.75, 3.05) is 39.9 Å². The lowest BCUT2D eigenvalue weighted by atomic mass is 10.4. The second kappa shape index (κ2) is 9.13. The maximum absolute atomic E-state index is 5.41. The molecule has 0 aromatic carbocycles. The Hall–Kier alpha value is -0.850. The van der Waals surface area contributed by atoms with Gasteiger partial charge in [0.25, 0.3) is 0 Å². The molecular formula is C12H27N5O. The molecule has 0 bridgehead atoms. The van der Waals surface area contributed by atoms with Gasteiger partial charge in [-0.15, -0.1) is 0 Å². The third-order valence-corrected chi connectivity index (χ3v) is 2.98. The number of nitrogens with one attached hydrogen (secondary N) is 2. The Balaban J connectivity index is 2.05. The lowest BCUT2D eigenvalue weighted by Gasteiger charge is -2.16. The van der Waals surface area contributed by atoms with E-state index < -0.39 is 0 Å². The average molecular weight is 257 g/mol. The first-order valence-corrected chi connectivity index (χ1v) is 6.80. The Labute approximate surface area is 110 Å². The van der Waals surface area contributed by atoms with E-state index in [-0.39, 0.29) is 0 Å². The van der Waals surface area contributed by atoms with Crippen molar-refractivity contribution < 1.29 is 4.74 Å². The number of hydrazine groups is 1. The van der Waals surface area contributed by atoms with Crippen LogP contribution in [0.15, 0.2) is 4.99 Å². The molecule has 4 N–H and O–H groups in total. The molecule has 0 atom stereocenters. The van der Waals surface area contributed by atoms with Crippen LogP contribution in [0, 0.1) is 0 Å². The lowest BCUT2D eigenvalue weighted by molar-refractivity contribution is 0.146. The zero-order chi connectivity index (χ0) is 13.2. The molecule has 6 nitrogen and oxygen atoms in total. The summed E-state index contributed by atoms with van der Waals surface area (Å²) in [6.07, 6.45) is 3.59. The fourth-order valence-electron chi connectivity index (χ4n) is 1.70. The van der Waals surface area contributed by atoms with Crippen LogP contribution in [0.5, 0.6) is 0 Å². The number of hydrogen-bond acceptors (Lipinski definition) is 4. The number of ether oxygens (including phenoxy) is 1. The molecule has 1 aliphatic rings. The minimum atomic E-state index is 0.663. The largest absolute Gasteiger partial charge is 0.382 e. The van der Waals surface area contributed by atoms with Gasteiger partial charge in [-0.25, -0.2) is 5.84 Å². The number of likely N-dealkylation sites (N-methyl/N-ethyl adjacent to an activating group) is 1. The van der Waals surface area contributed by atoms with Crippen LogP contribution in [0.3, 0.4) is 0 Å². The molecule has 0 amide bonds. The van der Waals surface area contributed by atoms with E-state index in [1.165, 1.54) is 12.8 Å². The minimum absolute atomic E-state index is 0.663. The fourth-order valence-corrected chi connectivity index (χ4v) is 1.70. The molecule has 1 fully saturated rings. The molecule has 0 aromatic rings. The second-order valence-corrected chi connectivity index (χ2v) is 4.56. The molecule has 0 saturated heterocycles. The summed E-state index contributed by atoms with van der Waals surface area (Å²) in [6.45, 7) is 6.12. The molecule has 1 saturated carbocycles. The van der Waals surface area contributed by atoms with E-state index >= 15 is 0 Å². The van der Waals surface area contributed by atoms with Crippen molar-refractivity contribution >= 4 is 5.96 Å². The SMILES string of the molecule is CCOCCCN=C(NN)NCCN(C)C1CC1. The van der Waals surface area contributed by atoms with Gasteiger partial charge in [0.1, 0.15) is 0 Å². The summed E-state index contributed by atoms with van der Waals surface area (Å²) in [5.41, 5.74) is 2.59. The monoisotopic (exact) mass is 257 g/mol. The van der Waals surface area contributed by atoms with E-state index in [0.29, 0.717) is 5.96 Å². The van der Waals surface area contributed by atoms with Crippen LogP contribution in [0.25, 0.3) is 0 Å². The standard InChI is InChI=1S/C12H27N5O/c1-3-18-10-4-7-14-12(16-13)15-8-9-17(2)11-5-6-11/h11H,3-10,13H2,1-2H3,(H2,14,15,16). The van der Waals surface area contributed by atoms with Gasteiger partial charge in [-0.2, -0.15) is 0 Å². The molecule has 1 aliphatic carbocycles. The summed E-state index contributed by atoms with van der Waals surface area (Å²) < 4.78 is 5.25. The van der Waals surface area contributed by atoms with Crippen molar-refractivity contribution in [2.45, 2.75) is 32.2 Å². The molecule has 18 heavy (non-hydrogen) atoms. The highest BCUT2D eigenvalue weighted by atomic mass is 16.5. The van der Waals surface area contributed by atoms with Gasteiger partial charge in [0.05, 0.1) is 0 Å². The Bertz CT molecular complexity index is 243. The Morgan fingerprint density at radius 1 is 1.50 bits per heavy atom. The van der Waals surface area contributed by atoms with E-state index in [1.54, 1.807) is 0 Å². The molecule has 0 heterocycles. The van der Waals surface area contributed by atoms with Gasteiger partial charge >= 0.3 is 0 Å². The molecule has 1 rings (SSSR count). The van der Waals surface area contributed by atoms with Gasteiger partial charge < -0.3 is 15.0 Å². The second-order valence-electron chi connectivity index (χ2n) is 4.56. The predicted molar refractivity (Wildman–Crippen MR) is 74.4 cm³/mol. The minimum Gasteiger partial charge on any atom is -0.382 e. The lowest BCUT2D eigenvalue weighted by Crippen LogP contribution is -2.44. The molecule has 0 aromatic heterocycles. The molecular weight excluding hydrogens is 230 g/mol. The highest BCUT2D eigenvalue weighted by Gasteiger charge is 2.25. The Morgan fingerprint density at radius 2 is 2.28 bits per heavy atom. The first-order valence-electron chi connectivity index (χ1n) is 6.80. The van der Waals surface area contributed by atoms with Crippen LogP contribution >= 0.6 is 0 Å². The molecule has 0 aliphatic heterocycles. The molecule has 106 valence electrons. The highest BCUT2D eigenvalue weighted by molar-refractivity contribution is 5.79. The third-order valence-electron chi connectivity index (χ3n) is 2.98. The number of aliphatic imine (C=N–C) groups is 1. The number of guanidine groups is 1. The van der Waals surface area contributed by atoms with Crippen molar-refractivity contribution in [3.8, 4) is 0 Å². The third kappa shape index (κ3) is 6.78.